The minimum atomic E-state index is -0.325. The summed E-state index contributed by atoms with van der Waals surface area (Å²) >= 11 is 0. The van der Waals surface area contributed by atoms with Crippen LogP contribution in [0.5, 0.6) is 0 Å². The van der Waals surface area contributed by atoms with E-state index < -0.39 is 0 Å². The lowest BCUT2D eigenvalue weighted by molar-refractivity contribution is 0.0971. The Hall–Kier alpha value is -1.64. The minimum Gasteiger partial charge on any atom is -0.393 e. The van der Waals surface area contributed by atoms with Crippen LogP contribution in [0.25, 0.3) is 0 Å². The maximum Gasteiger partial charge on any atom is 0.0549 e. The second-order valence-electron chi connectivity index (χ2n) is 7.52. The molecule has 3 N–H and O–H groups in total. The largest absolute Gasteiger partial charge is 0.393 e. The SMILES string of the molecule is CC[C@H](O)CC(c1ccccc1)(c1ccccc1)C1CCCCC1N. The van der Waals surface area contributed by atoms with Gasteiger partial charge in [0.05, 0.1) is 6.10 Å². The maximum atomic E-state index is 10.7. The van der Waals surface area contributed by atoms with Crippen molar-refractivity contribution in [1.29, 1.82) is 0 Å². The summed E-state index contributed by atoms with van der Waals surface area (Å²) in [5.41, 5.74) is 9.03. The summed E-state index contributed by atoms with van der Waals surface area (Å²) in [6.45, 7) is 2.06. The first-order valence-electron chi connectivity index (χ1n) is 9.73. The first-order valence-corrected chi connectivity index (χ1v) is 9.73. The van der Waals surface area contributed by atoms with E-state index in [9.17, 15) is 5.11 Å². The van der Waals surface area contributed by atoms with Crippen LogP contribution >= 0.6 is 0 Å². The molecule has 2 aromatic rings. The van der Waals surface area contributed by atoms with Gasteiger partial charge in [-0.3, -0.25) is 0 Å². The molecule has 1 aliphatic rings. The number of aliphatic hydroxyl groups excluding tert-OH is 1. The molecular weight excluding hydrogens is 306 g/mol. The van der Waals surface area contributed by atoms with Crippen LogP contribution in [0.15, 0.2) is 60.7 Å². The zero-order chi connectivity index (χ0) is 17.7. The van der Waals surface area contributed by atoms with Gasteiger partial charge in [0.25, 0.3) is 0 Å². The molecule has 2 unspecified atom stereocenters. The van der Waals surface area contributed by atoms with Gasteiger partial charge in [-0.1, -0.05) is 80.4 Å². The van der Waals surface area contributed by atoms with Crippen molar-refractivity contribution < 1.29 is 5.11 Å². The molecule has 134 valence electrons. The molecule has 0 amide bonds. The first kappa shape index (κ1) is 18.2. The molecule has 0 bridgehead atoms. The number of nitrogens with two attached hydrogens (primary N) is 1. The molecule has 0 heterocycles. The third-order valence-electron chi connectivity index (χ3n) is 6.06. The summed E-state index contributed by atoms with van der Waals surface area (Å²) in [6.07, 6.45) is 5.82. The summed E-state index contributed by atoms with van der Waals surface area (Å²) in [6, 6.07) is 21.6. The van der Waals surface area contributed by atoms with Gasteiger partial charge in [-0.2, -0.15) is 0 Å². The predicted octanol–water partition coefficient (Wildman–Crippen LogP) is 4.65. The highest BCUT2D eigenvalue weighted by atomic mass is 16.3. The summed E-state index contributed by atoms with van der Waals surface area (Å²) < 4.78 is 0. The summed E-state index contributed by atoms with van der Waals surface area (Å²) in [7, 11) is 0. The molecule has 2 heteroatoms. The van der Waals surface area contributed by atoms with E-state index in [2.05, 4.69) is 67.6 Å². The van der Waals surface area contributed by atoms with Crippen molar-refractivity contribution >= 4 is 0 Å². The van der Waals surface area contributed by atoms with Crippen LogP contribution in [0.3, 0.4) is 0 Å². The van der Waals surface area contributed by atoms with Crippen molar-refractivity contribution in [1.82, 2.24) is 0 Å². The number of hydrogen-bond donors (Lipinski definition) is 2. The van der Waals surface area contributed by atoms with Gasteiger partial charge < -0.3 is 10.8 Å². The van der Waals surface area contributed by atoms with Crippen molar-refractivity contribution in [2.24, 2.45) is 11.7 Å². The second-order valence-corrected chi connectivity index (χ2v) is 7.52. The minimum absolute atomic E-state index is 0.179. The van der Waals surface area contributed by atoms with Gasteiger partial charge in [-0.05, 0) is 42.7 Å². The molecule has 3 atom stereocenters. The van der Waals surface area contributed by atoms with Gasteiger partial charge in [-0.25, -0.2) is 0 Å². The Morgan fingerprint density at radius 2 is 1.48 bits per heavy atom. The van der Waals surface area contributed by atoms with E-state index in [-0.39, 0.29) is 17.6 Å². The Morgan fingerprint density at radius 1 is 0.960 bits per heavy atom. The molecule has 1 fully saturated rings. The van der Waals surface area contributed by atoms with Gasteiger partial charge in [0, 0.05) is 11.5 Å². The fraction of sp³-hybridized carbons (Fsp3) is 0.478. The highest BCUT2D eigenvalue weighted by molar-refractivity contribution is 5.41. The standard InChI is InChI=1S/C23H31NO/c1-2-20(25)17-23(18-11-5-3-6-12-18,19-13-7-4-8-14-19)21-15-9-10-16-22(21)24/h3-8,11-14,20-22,25H,2,9-10,15-17,24H2,1H3/t20-,21?,22?/m0/s1. The molecule has 0 radical (unpaired) electrons. The Labute approximate surface area is 152 Å². The summed E-state index contributed by atoms with van der Waals surface area (Å²) in [5.74, 6) is 0.354. The molecule has 1 aliphatic carbocycles. The fourth-order valence-electron chi connectivity index (χ4n) is 4.74. The molecule has 0 spiro atoms. The number of benzene rings is 2. The molecule has 0 aromatic heterocycles. The topological polar surface area (TPSA) is 46.2 Å². The quantitative estimate of drug-likeness (QED) is 0.806. The average molecular weight is 338 g/mol. The smallest absolute Gasteiger partial charge is 0.0549 e. The van der Waals surface area contributed by atoms with Crippen molar-refractivity contribution in [2.75, 3.05) is 0 Å². The summed E-state index contributed by atoms with van der Waals surface area (Å²) in [5, 5.41) is 10.7. The van der Waals surface area contributed by atoms with E-state index in [0.717, 1.165) is 25.7 Å². The van der Waals surface area contributed by atoms with Crippen molar-refractivity contribution in [3.8, 4) is 0 Å². The number of rotatable bonds is 6. The Morgan fingerprint density at radius 3 is 1.96 bits per heavy atom. The Bertz CT molecular complexity index is 600. The molecule has 1 saturated carbocycles. The second kappa shape index (κ2) is 8.16. The van der Waals surface area contributed by atoms with E-state index in [4.69, 9.17) is 5.73 Å². The van der Waals surface area contributed by atoms with Crippen molar-refractivity contribution in [3.05, 3.63) is 71.8 Å². The molecule has 0 aliphatic heterocycles. The van der Waals surface area contributed by atoms with E-state index in [1.165, 1.54) is 24.0 Å². The lowest BCUT2D eigenvalue weighted by Gasteiger charge is -2.47. The van der Waals surface area contributed by atoms with Gasteiger partial charge >= 0.3 is 0 Å². The van der Waals surface area contributed by atoms with Crippen LogP contribution in [-0.4, -0.2) is 17.3 Å². The molecular formula is C23H31NO. The third kappa shape index (κ3) is 3.65. The van der Waals surface area contributed by atoms with Crippen LogP contribution in [0.4, 0.5) is 0 Å². The van der Waals surface area contributed by atoms with Crippen molar-refractivity contribution in [3.63, 3.8) is 0 Å². The molecule has 3 rings (SSSR count). The lowest BCUT2D eigenvalue weighted by Crippen LogP contribution is -2.49. The fourth-order valence-corrected chi connectivity index (χ4v) is 4.74. The zero-order valence-corrected chi connectivity index (χ0v) is 15.3. The van der Waals surface area contributed by atoms with Crippen molar-refractivity contribution in [2.45, 2.75) is 63.0 Å². The van der Waals surface area contributed by atoms with Gasteiger partial charge in [0.2, 0.25) is 0 Å². The van der Waals surface area contributed by atoms with E-state index in [1.54, 1.807) is 0 Å². The van der Waals surface area contributed by atoms with Gasteiger partial charge in [0.15, 0.2) is 0 Å². The molecule has 2 aromatic carbocycles. The summed E-state index contributed by atoms with van der Waals surface area (Å²) in [4.78, 5) is 0. The maximum absolute atomic E-state index is 10.7. The van der Waals surface area contributed by atoms with Crippen LogP contribution in [0.1, 0.15) is 56.6 Å². The van der Waals surface area contributed by atoms with Gasteiger partial charge in [-0.15, -0.1) is 0 Å². The number of aliphatic hydroxyl groups is 1. The highest BCUT2D eigenvalue weighted by Gasteiger charge is 2.46. The van der Waals surface area contributed by atoms with Crippen LogP contribution in [0.2, 0.25) is 0 Å². The van der Waals surface area contributed by atoms with Crippen LogP contribution in [-0.2, 0) is 5.41 Å². The Kier molecular flexibility index (Phi) is 5.93. The monoisotopic (exact) mass is 337 g/mol. The van der Waals surface area contributed by atoms with Crippen LogP contribution in [0, 0.1) is 5.92 Å². The Balaban J connectivity index is 2.19. The molecule has 0 saturated heterocycles. The zero-order valence-electron chi connectivity index (χ0n) is 15.3. The number of hydrogen-bond acceptors (Lipinski definition) is 2. The van der Waals surface area contributed by atoms with Gasteiger partial charge in [0.1, 0.15) is 0 Å². The molecule has 2 nitrogen and oxygen atoms in total. The van der Waals surface area contributed by atoms with Crippen LogP contribution < -0.4 is 5.73 Å². The normalized spacial score (nSPS) is 22.5. The van der Waals surface area contributed by atoms with E-state index in [0.29, 0.717) is 5.92 Å². The highest BCUT2D eigenvalue weighted by Crippen LogP contribution is 2.48. The lowest BCUT2D eigenvalue weighted by atomic mass is 9.57. The van der Waals surface area contributed by atoms with E-state index >= 15 is 0 Å². The molecule has 25 heavy (non-hydrogen) atoms. The third-order valence-corrected chi connectivity index (χ3v) is 6.06. The van der Waals surface area contributed by atoms with E-state index in [1.807, 2.05) is 0 Å². The average Bonchev–Trinajstić information content (AvgIpc) is 2.68. The predicted molar refractivity (Wildman–Crippen MR) is 105 cm³/mol. The first-order chi connectivity index (χ1) is 12.2.